The van der Waals surface area contributed by atoms with E-state index in [9.17, 15) is 21.6 Å². The first-order valence-electron chi connectivity index (χ1n) is 12.7. The number of sulfonamides is 2. The predicted molar refractivity (Wildman–Crippen MR) is 150 cm³/mol. The van der Waals surface area contributed by atoms with Gasteiger partial charge in [-0.15, -0.1) is 0 Å². The number of nitrogens with zero attached hydrogens (tertiary/aromatic N) is 2. The Kier molecular flexibility index (Phi) is 8.94. The number of anilines is 1. The van der Waals surface area contributed by atoms with Gasteiger partial charge in [-0.05, 0) is 75.2 Å². The number of amides is 1. The summed E-state index contributed by atoms with van der Waals surface area (Å²) in [4.78, 5) is 13.1. The largest absolute Gasteiger partial charge is 0.492 e. The van der Waals surface area contributed by atoms with Gasteiger partial charge in [0, 0.05) is 13.1 Å². The van der Waals surface area contributed by atoms with E-state index in [2.05, 4.69) is 5.32 Å². The number of aryl methyl sites for hydroxylation is 2. The summed E-state index contributed by atoms with van der Waals surface area (Å²) < 4.78 is 60.4. The first kappa shape index (κ1) is 28.6. The summed E-state index contributed by atoms with van der Waals surface area (Å²) in [6.45, 7) is 4.70. The summed E-state index contributed by atoms with van der Waals surface area (Å²) in [5, 5.41) is 2.70. The van der Waals surface area contributed by atoms with Crippen LogP contribution in [-0.2, 0) is 24.8 Å². The van der Waals surface area contributed by atoms with E-state index in [4.69, 9.17) is 4.74 Å². The van der Waals surface area contributed by atoms with Crippen LogP contribution in [0.4, 0.5) is 5.69 Å². The highest BCUT2D eigenvalue weighted by Gasteiger charge is 2.28. The van der Waals surface area contributed by atoms with E-state index in [0.29, 0.717) is 24.5 Å². The lowest BCUT2D eigenvalue weighted by molar-refractivity contribution is -0.119. The molecule has 0 aliphatic carbocycles. The minimum Gasteiger partial charge on any atom is -0.492 e. The zero-order valence-corrected chi connectivity index (χ0v) is 23.7. The van der Waals surface area contributed by atoms with Gasteiger partial charge in [-0.25, -0.2) is 16.8 Å². The first-order valence-corrected chi connectivity index (χ1v) is 15.6. The lowest BCUT2D eigenvalue weighted by Gasteiger charge is -2.24. The number of nitrogens with one attached hydrogen (secondary N) is 1. The van der Waals surface area contributed by atoms with E-state index < -0.39 is 32.5 Å². The van der Waals surface area contributed by atoms with Crippen LogP contribution in [0, 0.1) is 13.8 Å². The van der Waals surface area contributed by atoms with Crippen LogP contribution in [0.15, 0.2) is 82.6 Å². The molecule has 9 nitrogen and oxygen atoms in total. The molecule has 1 saturated heterocycles. The number of hydrogen-bond donors (Lipinski definition) is 1. The van der Waals surface area contributed by atoms with Crippen molar-refractivity contribution in [3.63, 3.8) is 0 Å². The van der Waals surface area contributed by atoms with Crippen molar-refractivity contribution in [3.05, 3.63) is 83.9 Å². The van der Waals surface area contributed by atoms with Crippen LogP contribution in [0.25, 0.3) is 0 Å². The van der Waals surface area contributed by atoms with E-state index >= 15 is 0 Å². The van der Waals surface area contributed by atoms with Crippen molar-refractivity contribution in [1.29, 1.82) is 0 Å². The fourth-order valence-electron chi connectivity index (χ4n) is 4.19. The molecule has 1 heterocycles. The molecule has 1 N–H and O–H groups in total. The maximum absolute atomic E-state index is 13.4. The average Bonchev–Trinajstić information content (AvgIpc) is 3.47. The molecule has 0 spiro atoms. The molecule has 1 amide bonds. The van der Waals surface area contributed by atoms with Crippen molar-refractivity contribution < 1.29 is 26.4 Å². The fourth-order valence-corrected chi connectivity index (χ4v) is 7.13. The van der Waals surface area contributed by atoms with Crippen LogP contribution in [0.3, 0.4) is 0 Å². The molecule has 0 atom stereocenters. The summed E-state index contributed by atoms with van der Waals surface area (Å²) >= 11 is 0. The van der Waals surface area contributed by atoms with E-state index in [0.717, 1.165) is 28.3 Å². The number of carbonyl (C=O) groups is 1. The molecule has 4 rings (SSSR count). The second-order valence-electron chi connectivity index (χ2n) is 9.44. The van der Waals surface area contributed by atoms with Crippen LogP contribution in [0.2, 0.25) is 0 Å². The first-order chi connectivity index (χ1) is 18.6. The molecule has 3 aromatic rings. The third-order valence-corrected chi connectivity index (χ3v) is 10.1. The molecular weight excluding hydrogens is 538 g/mol. The van der Waals surface area contributed by atoms with Gasteiger partial charge in [-0.2, -0.15) is 4.31 Å². The molecule has 1 fully saturated rings. The van der Waals surface area contributed by atoms with E-state index in [-0.39, 0.29) is 22.9 Å². The molecule has 0 saturated carbocycles. The Hall–Kier alpha value is -3.41. The number of benzene rings is 3. The van der Waals surface area contributed by atoms with Crippen molar-refractivity contribution in [2.24, 2.45) is 0 Å². The molecule has 1 aliphatic rings. The quantitative estimate of drug-likeness (QED) is 0.353. The molecule has 0 bridgehead atoms. The third kappa shape index (κ3) is 6.97. The zero-order chi connectivity index (χ0) is 28.0. The molecule has 39 heavy (non-hydrogen) atoms. The van der Waals surface area contributed by atoms with Crippen LogP contribution < -0.4 is 14.4 Å². The predicted octanol–water partition coefficient (Wildman–Crippen LogP) is 3.48. The normalized spacial score (nSPS) is 14.2. The molecule has 3 aromatic carbocycles. The van der Waals surface area contributed by atoms with Crippen LogP contribution in [-0.4, -0.2) is 59.8 Å². The van der Waals surface area contributed by atoms with Crippen molar-refractivity contribution in [2.45, 2.75) is 36.5 Å². The maximum Gasteiger partial charge on any atom is 0.264 e. The summed E-state index contributed by atoms with van der Waals surface area (Å²) in [5.74, 6) is -0.0187. The van der Waals surface area contributed by atoms with E-state index in [1.165, 1.54) is 28.6 Å². The second kappa shape index (κ2) is 12.2. The van der Waals surface area contributed by atoms with E-state index in [1.54, 1.807) is 48.5 Å². The Bertz CT molecular complexity index is 1480. The summed E-state index contributed by atoms with van der Waals surface area (Å²) in [7, 11) is -7.48. The Labute approximate surface area is 230 Å². The SMILES string of the molecule is Cc1ccc(N(CC(=O)NCCOc2ccc(S(=O)(=O)N3CCCC3)cc2)S(=O)(=O)c2ccc(C)cc2)cc1. The lowest BCUT2D eigenvalue weighted by atomic mass is 10.2. The molecule has 1 aliphatic heterocycles. The number of ether oxygens (including phenoxy) is 1. The zero-order valence-electron chi connectivity index (χ0n) is 22.0. The maximum atomic E-state index is 13.4. The Morgan fingerprint density at radius 3 is 1.95 bits per heavy atom. The average molecular weight is 572 g/mol. The molecule has 0 aromatic heterocycles. The molecule has 0 radical (unpaired) electrons. The van der Waals surface area contributed by atoms with Gasteiger partial charge in [-0.3, -0.25) is 9.10 Å². The summed E-state index contributed by atoms with van der Waals surface area (Å²) in [6, 6.07) is 19.6. The molecule has 208 valence electrons. The number of rotatable bonds is 11. The van der Waals surface area contributed by atoms with Gasteiger partial charge in [0.15, 0.2) is 0 Å². The topological polar surface area (TPSA) is 113 Å². The Morgan fingerprint density at radius 2 is 1.36 bits per heavy atom. The standard InChI is InChI=1S/C28H33N3O6S2/c1-22-5-9-24(10-6-22)31(39(35,36)27-13-7-23(2)8-14-27)21-28(32)29-17-20-37-25-11-15-26(16-12-25)38(33,34)30-18-3-4-19-30/h5-16H,3-4,17-21H2,1-2H3,(H,29,32). The second-order valence-corrected chi connectivity index (χ2v) is 13.2. The Balaban J connectivity index is 1.35. The monoisotopic (exact) mass is 571 g/mol. The smallest absolute Gasteiger partial charge is 0.264 e. The molecule has 11 heteroatoms. The fraction of sp³-hybridized carbons (Fsp3) is 0.321. The highest BCUT2D eigenvalue weighted by atomic mass is 32.2. The van der Waals surface area contributed by atoms with Gasteiger partial charge >= 0.3 is 0 Å². The molecule has 0 unspecified atom stereocenters. The van der Waals surface area contributed by atoms with Crippen LogP contribution in [0.1, 0.15) is 24.0 Å². The highest BCUT2D eigenvalue weighted by molar-refractivity contribution is 7.92. The third-order valence-electron chi connectivity index (χ3n) is 6.44. The minimum absolute atomic E-state index is 0.0972. The number of hydrogen-bond acceptors (Lipinski definition) is 6. The minimum atomic E-state index is -3.99. The van der Waals surface area contributed by atoms with Crippen molar-refractivity contribution in [2.75, 3.05) is 37.1 Å². The number of carbonyl (C=O) groups excluding carboxylic acids is 1. The van der Waals surface area contributed by atoms with Gasteiger partial charge in [0.2, 0.25) is 15.9 Å². The van der Waals surface area contributed by atoms with Gasteiger partial charge in [0.25, 0.3) is 10.0 Å². The van der Waals surface area contributed by atoms with Crippen molar-refractivity contribution in [3.8, 4) is 5.75 Å². The van der Waals surface area contributed by atoms with Gasteiger partial charge in [-0.1, -0.05) is 35.4 Å². The van der Waals surface area contributed by atoms with Crippen LogP contribution in [0.5, 0.6) is 5.75 Å². The molecular formula is C28H33N3O6S2. The van der Waals surface area contributed by atoms with Crippen molar-refractivity contribution in [1.82, 2.24) is 9.62 Å². The summed E-state index contributed by atoms with van der Waals surface area (Å²) in [6.07, 6.45) is 1.74. The Morgan fingerprint density at radius 1 is 0.821 bits per heavy atom. The summed E-state index contributed by atoms with van der Waals surface area (Å²) in [5.41, 5.74) is 2.28. The van der Waals surface area contributed by atoms with Gasteiger partial charge in [0.1, 0.15) is 18.9 Å². The van der Waals surface area contributed by atoms with Gasteiger partial charge in [0.05, 0.1) is 22.0 Å². The highest BCUT2D eigenvalue weighted by Crippen LogP contribution is 2.25. The van der Waals surface area contributed by atoms with Crippen LogP contribution >= 0.6 is 0 Å². The van der Waals surface area contributed by atoms with Crippen molar-refractivity contribution >= 4 is 31.6 Å². The van der Waals surface area contributed by atoms with Gasteiger partial charge < -0.3 is 10.1 Å². The lowest BCUT2D eigenvalue weighted by Crippen LogP contribution is -2.41. The van der Waals surface area contributed by atoms with E-state index in [1.807, 2.05) is 13.8 Å².